The molecule has 2 aromatic carbocycles. The van der Waals surface area contributed by atoms with Crippen molar-refractivity contribution < 1.29 is 19.4 Å². The van der Waals surface area contributed by atoms with Gasteiger partial charge in [0.25, 0.3) is 0 Å². The third-order valence-electron chi connectivity index (χ3n) is 4.76. The highest BCUT2D eigenvalue weighted by molar-refractivity contribution is 9.10. The summed E-state index contributed by atoms with van der Waals surface area (Å²) in [5, 5.41) is 9.96. The molecule has 0 bridgehead atoms. The van der Waals surface area contributed by atoms with Gasteiger partial charge in [-0.1, -0.05) is 22.0 Å². The molecule has 0 aliphatic heterocycles. The van der Waals surface area contributed by atoms with Crippen molar-refractivity contribution in [3.63, 3.8) is 0 Å². The first-order valence-corrected chi connectivity index (χ1v) is 11.0. The Morgan fingerprint density at radius 2 is 1.94 bits per heavy atom. The lowest BCUT2D eigenvalue weighted by Crippen LogP contribution is -2.01. The number of nitrogens with zero attached hydrogens (tertiary/aromatic N) is 3. The molecule has 0 unspecified atom stereocenters. The predicted molar refractivity (Wildman–Crippen MR) is 129 cm³/mol. The Morgan fingerprint density at radius 1 is 1.12 bits per heavy atom. The van der Waals surface area contributed by atoms with E-state index in [0.717, 1.165) is 15.6 Å². The summed E-state index contributed by atoms with van der Waals surface area (Å²) < 4.78 is 13.5. The Labute approximate surface area is 200 Å². The molecule has 0 saturated carbocycles. The van der Waals surface area contributed by atoms with Gasteiger partial charge in [-0.2, -0.15) is 0 Å². The molecular weight excluding hydrogens is 542 g/mol. The van der Waals surface area contributed by atoms with Gasteiger partial charge in [-0.25, -0.2) is 14.8 Å². The number of fused-ring (bicyclic) bond motifs is 1. The fourth-order valence-corrected chi connectivity index (χ4v) is 3.97. The van der Waals surface area contributed by atoms with Gasteiger partial charge in [-0.3, -0.25) is 4.40 Å². The third kappa shape index (κ3) is 4.26. The largest absolute Gasteiger partial charge is 0.504 e. The van der Waals surface area contributed by atoms with Crippen molar-refractivity contribution in [2.75, 3.05) is 14.2 Å². The van der Waals surface area contributed by atoms with Gasteiger partial charge in [0, 0.05) is 32.5 Å². The zero-order chi connectivity index (χ0) is 22.8. The SMILES string of the molecule is COC(=O)c1ccc(C=Nc2c(-c3ccc(O)c(OC)c3)nc3ccc(Br)cn23)c(Br)c1. The van der Waals surface area contributed by atoms with E-state index in [1.54, 1.807) is 42.6 Å². The zero-order valence-electron chi connectivity index (χ0n) is 17.0. The molecule has 0 spiro atoms. The van der Waals surface area contributed by atoms with Crippen molar-refractivity contribution in [2.45, 2.75) is 0 Å². The molecule has 2 heterocycles. The number of aliphatic imine (C=N–C) groups is 1. The summed E-state index contributed by atoms with van der Waals surface area (Å²) >= 11 is 6.98. The number of imidazole rings is 1. The molecule has 0 radical (unpaired) electrons. The number of methoxy groups -OCH3 is 2. The number of carbonyl (C=O) groups is 1. The van der Waals surface area contributed by atoms with Gasteiger partial charge in [0.2, 0.25) is 0 Å². The number of hydrogen-bond acceptors (Lipinski definition) is 6. The first-order valence-electron chi connectivity index (χ1n) is 9.38. The molecule has 9 heteroatoms. The van der Waals surface area contributed by atoms with Crippen molar-refractivity contribution in [2.24, 2.45) is 4.99 Å². The molecule has 4 aromatic rings. The summed E-state index contributed by atoms with van der Waals surface area (Å²) in [6.45, 7) is 0. The van der Waals surface area contributed by atoms with Gasteiger partial charge in [0.05, 0.1) is 19.8 Å². The number of esters is 1. The Hall–Kier alpha value is -3.17. The predicted octanol–water partition coefficient (Wildman–Crippen LogP) is 5.78. The number of benzene rings is 2. The molecule has 32 heavy (non-hydrogen) atoms. The van der Waals surface area contributed by atoms with E-state index in [2.05, 4.69) is 31.9 Å². The van der Waals surface area contributed by atoms with Crippen LogP contribution in [-0.2, 0) is 4.74 Å². The average Bonchev–Trinajstić information content (AvgIpc) is 3.15. The molecule has 0 saturated heterocycles. The van der Waals surface area contributed by atoms with E-state index in [4.69, 9.17) is 19.5 Å². The molecule has 4 rings (SSSR count). The second kappa shape index (κ2) is 9.13. The van der Waals surface area contributed by atoms with E-state index < -0.39 is 5.97 Å². The third-order valence-corrected chi connectivity index (χ3v) is 5.91. The van der Waals surface area contributed by atoms with Crippen molar-refractivity contribution in [3.05, 3.63) is 74.8 Å². The Kier molecular flexibility index (Phi) is 6.29. The van der Waals surface area contributed by atoms with Crippen LogP contribution in [0.25, 0.3) is 16.9 Å². The Bertz CT molecular complexity index is 1370. The summed E-state index contributed by atoms with van der Waals surface area (Å²) in [6.07, 6.45) is 3.57. The van der Waals surface area contributed by atoms with E-state index in [-0.39, 0.29) is 5.75 Å². The van der Waals surface area contributed by atoms with Gasteiger partial charge in [-0.05, 0) is 58.4 Å². The first kappa shape index (κ1) is 22.0. The zero-order valence-corrected chi connectivity index (χ0v) is 20.2. The van der Waals surface area contributed by atoms with Gasteiger partial charge in [-0.15, -0.1) is 0 Å². The minimum atomic E-state index is -0.413. The summed E-state index contributed by atoms with van der Waals surface area (Å²) in [5.74, 6) is 0.571. The monoisotopic (exact) mass is 557 g/mol. The van der Waals surface area contributed by atoms with E-state index in [0.29, 0.717) is 32.9 Å². The number of ether oxygens (including phenoxy) is 2. The smallest absolute Gasteiger partial charge is 0.337 e. The second-order valence-electron chi connectivity index (χ2n) is 6.73. The van der Waals surface area contributed by atoms with Crippen LogP contribution < -0.4 is 4.74 Å². The van der Waals surface area contributed by atoms with Crippen molar-refractivity contribution in [3.8, 4) is 22.8 Å². The number of carbonyl (C=O) groups excluding carboxylic acids is 1. The van der Waals surface area contributed by atoms with Crippen LogP contribution in [0.5, 0.6) is 11.5 Å². The number of halogens is 2. The maximum atomic E-state index is 11.8. The fraction of sp³-hybridized carbons (Fsp3) is 0.0870. The minimum absolute atomic E-state index is 0.0439. The highest BCUT2D eigenvalue weighted by atomic mass is 79.9. The van der Waals surface area contributed by atoms with Crippen LogP contribution in [0.4, 0.5) is 5.82 Å². The van der Waals surface area contributed by atoms with Crippen molar-refractivity contribution in [1.82, 2.24) is 9.38 Å². The first-order chi connectivity index (χ1) is 15.4. The lowest BCUT2D eigenvalue weighted by molar-refractivity contribution is 0.0600. The molecule has 0 atom stereocenters. The highest BCUT2D eigenvalue weighted by Crippen LogP contribution is 2.36. The van der Waals surface area contributed by atoms with Crippen LogP contribution in [0.15, 0.2) is 68.7 Å². The number of aromatic nitrogens is 2. The maximum absolute atomic E-state index is 11.8. The molecule has 2 aromatic heterocycles. The number of phenolic OH excluding ortho intramolecular Hbond substituents is 1. The highest BCUT2D eigenvalue weighted by Gasteiger charge is 2.16. The summed E-state index contributed by atoms with van der Waals surface area (Å²) in [4.78, 5) is 21.2. The number of hydrogen-bond donors (Lipinski definition) is 1. The van der Waals surface area contributed by atoms with Crippen LogP contribution in [0.3, 0.4) is 0 Å². The molecule has 0 aliphatic rings. The average molecular weight is 559 g/mol. The Morgan fingerprint density at radius 3 is 2.66 bits per heavy atom. The van der Waals surface area contributed by atoms with Crippen LogP contribution in [-0.4, -0.2) is 40.9 Å². The van der Waals surface area contributed by atoms with E-state index in [1.807, 2.05) is 22.7 Å². The molecule has 162 valence electrons. The normalized spacial score (nSPS) is 11.2. The van der Waals surface area contributed by atoms with Crippen molar-refractivity contribution >= 4 is 55.5 Å². The number of aromatic hydroxyl groups is 1. The summed E-state index contributed by atoms with van der Waals surface area (Å²) in [5.41, 5.74) is 3.29. The van der Waals surface area contributed by atoms with Crippen LogP contribution in [0, 0.1) is 0 Å². The Balaban J connectivity index is 1.84. The molecule has 1 N–H and O–H groups in total. The van der Waals surface area contributed by atoms with Gasteiger partial charge < -0.3 is 14.6 Å². The van der Waals surface area contributed by atoms with E-state index in [9.17, 15) is 9.90 Å². The van der Waals surface area contributed by atoms with Crippen LogP contribution >= 0.6 is 31.9 Å². The number of rotatable bonds is 5. The van der Waals surface area contributed by atoms with E-state index >= 15 is 0 Å². The van der Waals surface area contributed by atoms with E-state index in [1.165, 1.54) is 14.2 Å². The van der Waals surface area contributed by atoms with Gasteiger partial charge in [0.15, 0.2) is 17.3 Å². The van der Waals surface area contributed by atoms with Crippen LogP contribution in [0.1, 0.15) is 15.9 Å². The van der Waals surface area contributed by atoms with Gasteiger partial charge >= 0.3 is 5.97 Å². The molecule has 7 nitrogen and oxygen atoms in total. The molecule has 0 amide bonds. The summed E-state index contributed by atoms with van der Waals surface area (Å²) in [6, 6.07) is 14.0. The standard InChI is InChI=1S/C23H17Br2N3O4/c1-31-19-10-13(5-7-18(19)29)21-22(28-12-16(24)6-8-20(28)27-21)26-11-15-4-3-14(9-17(15)25)23(30)32-2/h3-12,29H,1-2H3. The molecular formula is C23H17Br2N3O4. The fourth-order valence-electron chi connectivity index (χ4n) is 3.16. The topological polar surface area (TPSA) is 85.4 Å². The van der Waals surface area contributed by atoms with Crippen molar-refractivity contribution in [1.29, 1.82) is 0 Å². The second-order valence-corrected chi connectivity index (χ2v) is 8.50. The lowest BCUT2D eigenvalue weighted by Gasteiger charge is -2.06. The number of phenols is 1. The molecule has 0 aliphatic carbocycles. The maximum Gasteiger partial charge on any atom is 0.337 e. The quantitative estimate of drug-likeness (QED) is 0.248. The lowest BCUT2D eigenvalue weighted by atomic mass is 10.1. The number of pyridine rings is 1. The summed E-state index contributed by atoms with van der Waals surface area (Å²) in [7, 11) is 2.84. The molecule has 0 fully saturated rings. The van der Waals surface area contributed by atoms with Gasteiger partial charge in [0.1, 0.15) is 11.3 Å². The minimum Gasteiger partial charge on any atom is -0.504 e. The van der Waals surface area contributed by atoms with Crippen LogP contribution in [0.2, 0.25) is 0 Å².